The van der Waals surface area contributed by atoms with Crippen LogP contribution in [0, 0.1) is 0 Å². The molecule has 5 heteroatoms. The Labute approximate surface area is 137 Å². The summed E-state index contributed by atoms with van der Waals surface area (Å²) >= 11 is 0. The van der Waals surface area contributed by atoms with Crippen molar-refractivity contribution in [2.45, 2.75) is 18.7 Å². The van der Waals surface area contributed by atoms with Gasteiger partial charge in [-0.2, -0.15) is 13.2 Å². The van der Waals surface area contributed by atoms with Gasteiger partial charge in [0.2, 0.25) is 0 Å². The van der Waals surface area contributed by atoms with E-state index in [9.17, 15) is 13.2 Å². The van der Waals surface area contributed by atoms with Crippen LogP contribution < -0.4 is 4.74 Å². The van der Waals surface area contributed by atoms with E-state index in [0.29, 0.717) is 5.75 Å². The molecule has 1 nitrogen and oxygen atoms in total. The average Bonchev–Trinajstić information content (AvgIpc) is 2.51. The Morgan fingerprint density at radius 3 is 2.09 bits per heavy atom. The van der Waals surface area contributed by atoms with Crippen molar-refractivity contribution in [1.82, 2.24) is 0 Å². The van der Waals surface area contributed by atoms with E-state index in [-0.39, 0.29) is 17.0 Å². The Morgan fingerprint density at radius 1 is 0.957 bits per heavy atom. The first-order chi connectivity index (χ1) is 10.9. The standard InChI is InChI=1S/C18H20F3OS/c1-23(2)13-12-17(14-6-4-3-5-7-14)22-16-10-8-15(9-11-16)18(19,20)21/h3-11,17H,12-13H2,1-2H3/q+1. The first-order valence-electron chi connectivity index (χ1n) is 7.29. The Hall–Kier alpha value is -1.62. The van der Waals surface area contributed by atoms with Gasteiger partial charge in [-0.1, -0.05) is 30.3 Å². The summed E-state index contributed by atoms with van der Waals surface area (Å²) in [6.07, 6.45) is 0.695. The van der Waals surface area contributed by atoms with Crippen molar-refractivity contribution in [3.63, 3.8) is 0 Å². The van der Waals surface area contributed by atoms with Gasteiger partial charge in [-0.05, 0) is 40.7 Å². The van der Waals surface area contributed by atoms with Crippen molar-refractivity contribution in [2.24, 2.45) is 0 Å². The van der Waals surface area contributed by atoms with Gasteiger partial charge in [-0.25, -0.2) is 0 Å². The lowest BCUT2D eigenvalue weighted by Gasteiger charge is -2.19. The van der Waals surface area contributed by atoms with Gasteiger partial charge in [0, 0.05) is 6.42 Å². The molecule has 124 valence electrons. The lowest BCUT2D eigenvalue weighted by atomic mass is 10.1. The Balaban J connectivity index is 2.14. The quantitative estimate of drug-likeness (QED) is 0.665. The molecule has 0 aliphatic heterocycles. The van der Waals surface area contributed by atoms with Crippen molar-refractivity contribution < 1.29 is 17.9 Å². The van der Waals surface area contributed by atoms with Crippen LogP contribution >= 0.6 is 0 Å². The molecule has 0 N–H and O–H groups in total. The molecule has 0 aliphatic carbocycles. The molecule has 0 radical (unpaired) electrons. The second kappa shape index (κ2) is 7.77. The molecule has 0 saturated carbocycles. The molecule has 1 unspecified atom stereocenters. The maximum atomic E-state index is 12.6. The SMILES string of the molecule is C[S+](C)CCC(Oc1ccc(C(F)(F)F)cc1)c1ccccc1. The van der Waals surface area contributed by atoms with Crippen molar-refractivity contribution in [3.05, 3.63) is 65.7 Å². The lowest BCUT2D eigenvalue weighted by molar-refractivity contribution is -0.137. The van der Waals surface area contributed by atoms with Gasteiger partial charge in [-0.15, -0.1) is 0 Å². The average molecular weight is 341 g/mol. The fraction of sp³-hybridized carbons (Fsp3) is 0.333. The van der Waals surface area contributed by atoms with Crippen LogP contribution in [0.2, 0.25) is 0 Å². The minimum absolute atomic E-state index is 0.150. The topological polar surface area (TPSA) is 9.23 Å². The zero-order valence-corrected chi connectivity index (χ0v) is 14.0. The molecular weight excluding hydrogens is 321 g/mol. The van der Waals surface area contributed by atoms with Crippen LogP contribution in [-0.4, -0.2) is 18.3 Å². The largest absolute Gasteiger partial charge is 0.486 e. The van der Waals surface area contributed by atoms with Crippen molar-refractivity contribution >= 4 is 10.9 Å². The van der Waals surface area contributed by atoms with E-state index >= 15 is 0 Å². The van der Waals surface area contributed by atoms with Gasteiger partial charge < -0.3 is 4.74 Å². The Bertz CT molecular complexity index is 594. The monoisotopic (exact) mass is 341 g/mol. The van der Waals surface area contributed by atoms with E-state index in [4.69, 9.17) is 4.74 Å². The van der Waals surface area contributed by atoms with E-state index in [1.54, 1.807) is 0 Å². The molecule has 2 aromatic carbocycles. The molecule has 0 amide bonds. The molecule has 0 aromatic heterocycles. The minimum Gasteiger partial charge on any atom is -0.486 e. The first-order valence-corrected chi connectivity index (χ1v) is 9.50. The molecule has 0 fully saturated rings. The molecule has 0 heterocycles. The number of alkyl halides is 3. The second-order valence-electron chi connectivity index (χ2n) is 5.52. The van der Waals surface area contributed by atoms with Crippen LogP contribution in [0.3, 0.4) is 0 Å². The number of hydrogen-bond donors (Lipinski definition) is 0. The summed E-state index contributed by atoms with van der Waals surface area (Å²) in [7, 11) is 0.288. The molecule has 23 heavy (non-hydrogen) atoms. The number of benzene rings is 2. The van der Waals surface area contributed by atoms with E-state index in [2.05, 4.69) is 12.5 Å². The number of ether oxygens (including phenoxy) is 1. The summed E-state index contributed by atoms with van der Waals surface area (Å²) in [6, 6.07) is 14.7. The van der Waals surface area contributed by atoms with Crippen LogP contribution in [-0.2, 0) is 17.1 Å². The summed E-state index contributed by atoms with van der Waals surface area (Å²) in [6.45, 7) is 0. The molecule has 2 rings (SSSR count). The van der Waals surface area contributed by atoms with Crippen LogP contribution in [0.25, 0.3) is 0 Å². The van der Waals surface area contributed by atoms with Crippen LogP contribution in [0.1, 0.15) is 23.7 Å². The van der Waals surface area contributed by atoms with Gasteiger partial charge in [0.1, 0.15) is 17.6 Å². The molecule has 0 spiro atoms. The maximum Gasteiger partial charge on any atom is 0.416 e. The van der Waals surface area contributed by atoms with Gasteiger partial charge in [0.15, 0.2) is 0 Å². The van der Waals surface area contributed by atoms with E-state index in [1.165, 1.54) is 12.1 Å². The van der Waals surface area contributed by atoms with Crippen molar-refractivity contribution in [3.8, 4) is 5.75 Å². The first kappa shape index (κ1) is 17.7. The third kappa shape index (κ3) is 5.50. The van der Waals surface area contributed by atoms with Crippen LogP contribution in [0.5, 0.6) is 5.75 Å². The summed E-state index contributed by atoms with van der Waals surface area (Å²) in [5.74, 6) is 1.47. The normalized spacial score (nSPS) is 13.1. The zero-order chi connectivity index (χ0) is 16.9. The third-order valence-corrected chi connectivity index (χ3v) is 4.47. The third-order valence-electron chi connectivity index (χ3n) is 3.42. The van der Waals surface area contributed by atoms with Gasteiger partial charge >= 0.3 is 6.18 Å². The molecule has 1 atom stereocenters. The predicted octanol–water partition coefficient (Wildman–Crippen LogP) is 5.09. The van der Waals surface area contributed by atoms with Crippen molar-refractivity contribution in [2.75, 3.05) is 18.3 Å². The zero-order valence-electron chi connectivity index (χ0n) is 13.1. The molecular formula is C18H20F3OS+. The molecule has 0 aliphatic rings. The van der Waals surface area contributed by atoms with Crippen molar-refractivity contribution in [1.29, 1.82) is 0 Å². The number of hydrogen-bond acceptors (Lipinski definition) is 1. The van der Waals surface area contributed by atoms with E-state index in [1.807, 2.05) is 30.3 Å². The fourth-order valence-corrected chi connectivity index (χ4v) is 2.88. The molecule has 0 bridgehead atoms. The predicted molar refractivity (Wildman–Crippen MR) is 90.0 cm³/mol. The minimum atomic E-state index is -4.32. The smallest absolute Gasteiger partial charge is 0.416 e. The molecule has 0 saturated heterocycles. The Morgan fingerprint density at radius 2 is 1.57 bits per heavy atom. The number of rotatable bonds is 6. The van der Waals surface area contributed by atoms with E-state index in [0.717, 1.165) is 29.9 Å². The molecule has 2 aromatic rings. The van der Waals surface area contributed by atoms with Gasteiger partial charge in [-0.3, -0.25) is 0 Å². The summed E-state index contributed by atoms with van der Waals surface area (Å²) in [5.41, 5.74) is 0.377. The lowest BCUT2D eigenvalue weighted by Crippen LogP contribution is -2.13. The highest BCUT2D eigenvalue weighted by molar-refractivity contribution is 7.95. The highest BCUT2D eigenvalue weighted by Gasteiger charge is 2.30. The van der Waals surface area contributed by atoms with Gasteiger partial charge in [0.05, 0.1) is 18.1 Å². The summed E-state index contributed by atoms with van der Waals surface area (Å²) in [5, 5.41) is 0. The second-order valence-corrected chi connectivity index (χ2v) is 7.90. The summed E-state index contributed by atoms with van der Waals surface area (Å²) < 4.78 is 43.8. The van der Waals surface area contributed by atoms with E-state index < -0.39 is 11.7 Å². The van der Waals surface area contributed by atoms with Crippen LogP contribution in [0.4, 0.5) is 13.2 Å². The number of halogens is 3. The van der Waals surface area contributed by atoms with Gasteiger partial charge in [0.25, 0.3) is 0 Å². The highest BCUT2D eigenvalue weighted by Crippen LogP contribution is 2.32. The fourth-order valence-electron chi connectivity index (χ4n) is 2.19. The maximum absolute atomic E-state index is 12.6. The summed E-state index contributed by atoms with van der Waals surface area (Å²) in [4.78, 5) is 0. The Kier molecular flexibility index (Phi) is 5.99. The highest BCUT2D eigenvalue weighted by atomic mass is 32.2. The van der Waals surface area contributed by atoms with Crippen LogP contribution in [0.15, 0.2) is 54.6 Å².